The SMILES string of the molecule is CCCCCCCCCCCCC[CH2][Cr]([SiH3])([CH2]CCCCCCCCCCCCC)[CH2]CCCCCCCCCCCCC. The summed E-state index contributed by atoms with van der Waals surface area (Å²) < 4.78 is 0. The zero-order valence-corrected chi connectivity index (χ0v) is 35.3. The zero-order chi connectivity index (χ0) is 32.1. The molecule has 0 nitrogen and oxygen atoms in total. The van der Waals surface area contributed by atoms with E-state index in [-0.39, 0.29) is 0 Å². The average molecular weight is 675 g/mol. The Hall–Kier alpha value is 0.749. The molecule has 0 spiro atoms. The summed E-state index contributed by atoms with van der Waals surface area (Å²) in [5, 5.41) is 5.16. The molecule has 2 heteroatoms. The number of hydrogen-bond donors (Lipinski definition) is 0. The Morgan fingerprint density at radius 3 is 0.523 bits per heavy atom. The smallest absolute Gasteiger partial charge is 0.0654 e. The fourth-order valence-electron chi connectivity index (χ4n) is 7.18. The van der Waals surface area contributed by atoms with Gasteiger partial charge in [-0.05, 0) is 0 Å². The van der Waals surface area contributed by atoms with Crippen LogP contribution in [0, 0.1) is 0 Å². The molecule has 0 aromatic rings. The normalized spacial score (nSPS) is 12.4. The van der Waals surface area contributed by atoms with Gasteiger partial charge in [0.05, 0.1) is 0 Å². The van der Waals surface area contributed by atoms with Gasteiger partial charge in [0.2, 0.25) is 0 Å². The van der Waals surface area contributed by atoms with Gasteiger partial charge in [0.15, 0.2) is 0 Å². The third kappa shape index (κ3) is 35.6. The first-order valence-corrected chi connectivity index (χ1v) is 28.7. The molecular formula is C42H90CrSi. The van der Waals surface area contributed by atoms with Crippen molar-refractivity contribution in [3.63, 3.8) is 0 Å². The van der Waals surface area contributed by atoms with Gasteiger partial charge in [-0.3, -0.25) is 0 Å². The van der Waals surface area contributed by atoms with E-state index in [1.54, 1.807) is 63.2 Å². The van der Waals surface area contributed by atoms with Gasteiger partial charge >= 0.3 is 249 Å². The first-order valence-electron chi connectivity index (χ1n) is 21.4. The van der Waals surface area contributed by atoms with Gasteiger partial charge in [-0.25, -0.2) is 0 Å². The molecule has 0 amide bonds. The molecular weight excluding hydrogens is 585 g/mol. The summed E-state index contributed by atoms with van der Waals surface area (Å²) in [4.78, 5) is 0. The Morgan fingerprint density at radius 2 is 0.364 bits per heavy atom. The Balaban J connectivity index is 4.06. The minimum atomic E-state index is -1.11. The average Bonchev–Trinajstić information content (AvgIpc) is 3.02. The van der Waals surface area contributed by atoms with Crippen LogP contribution in [0.2, 0.25) is 15.8 Å². The van der Waals surface area contributed by atoms with Gasteiger partial charge in [0.1, 0.15) is 0 Å². The minimum absolute atomic E-state index is 1.11. The molecule has 0 aromatic heterocycles. The van der Waals surface area contributed by atoms with E-state index >= 15 is 0 Å². The molecule has 0 fully saturated rings. The van der Waals surface area contributed by atoms with Gasteiger partial charge in [-0.15, -0.1) is 0 Å². The van der Waals surface area contributed by atoms with Crippen LogP contribution in [0.4, 0.5) is 0 Å². The fourth-order valence-corrected chi connectivity index (χ4v) is 15.9. The minimum Gasteiger partial charge on any atom is -0.0654 e. The molecule has 0 radical (unpaired) electrons. The van der Waals surface area contributed by atoms with Crippen molar-refractivity contribution < 1.29 is 12.4 Å². The Labute approximate surface area is 287 Å². The van der Waals surface area contributed by atoms with Crippen LogP contribution in [0.25, 0.3) is 0 Å². The van der Waals surface area contributed by atoms with Crippen molar-refractivity contribution in [2.24, 2.45) is 0 Å². The summed E-state index contributed by atoms with van der Waals surface area (Å²) in [6, 6.07) is 0. The molecule has 0 rings (SSSR count). The van der Waals surface area contributed by atoms with Gasteiger partial charge in [0, 0.05) is 0 Å². The monoisotopic (exact) mass is 675 g/mol. The van der Waals surface area contributed by atoms with E-state index in [4.69, 9.17) is 0 Å². The molecule has 0 aromatic carbocycles. The van der Waals surface area contributed by atoms with Crippen molar-refractivity contribution in [2.75, 3.05) is 0 Å². The van der Waals surface area contributed by atoms with Gasteiger partial charge in [0.25, 0.3) is 0 Å². The number of hydrogen-bond acceptors (Lipinski definition) is 0. The van der Waals surface area contributed by atoms with E-state index < -0.39 is 12.4 Å². The second-order valence-corrected chi connectivity index (χ2v) is 28.9. The van der Waals surface area contributed by atoms with Crippen LogP contribution < -0.4 is 0 Å². The summed E-state index contributed by atoms with van der Waals surface area (Å²) in [7, 11) is 1.59. The van der Waals surface area contributed by atoms with E-state index in [9.17, 15) is 0 Å². The Kier molecular flexibility index (Phi) is 38.9. The molecule has 0 N–H and O–H groups in total. The third-order valence-electron chi connectivity index (χ3n) is 10.5. The van der Waals surface area contributed by atoms with Crippen molar-refractivity contribution in [2.45, 2.75) is 268 Å². The van der Waals surface area contributed by atoms with Crippen LogP contribution in [-0.4, -0.2) is 8.80 Å². The van der Waals surface area contributed by atoms with Crippen molar-refractivity contribution in [1.82, 2.24) is 0 Å². The molecule has 0 heterocycles. The van der Waals surface area contributed by atoms with E-state index in [1.165, 1.54) is 193 Å². The van der Waals surface area contributed by atoms with Crippen molar-refractivity contribution in [1.29, 1.82) is 0 Å². The van der Waals surface area contributed by atoms with Crippen LogP contribution in [0.15, 0.2) is 0 Å². The Bertz CT molecular complexity index is 437. The second kappa shape index (κ2) is 38.2. The number of rotatable bonds is 39. The third-order valence-corrected chi connectivity index (χ3v) is 21.5. The van der Waals surface area contributed by atoms with Crippen LogP contribution in [0.3, 0.4) is 0 Å². The van der Waals surface area contributed by atoms with Crippen molar-refractivity contribution in [3.05, 3.63) is 0 Å². The van der Waals surface area contributed by atoms with Gasteiger partial charge in [-0.2, -0.15) is 0 Å². The van der Waals surface area contributed by atoms with Crippen LogP contribution in [-0.2, 0) is 12.4 Å². The predicted molar refractivity (Wildman–Crippen MR) is 208 cm³/mol. The molecule has 0 bridgehead atoms. The van der Waals surface area contributed by atoms with Crippen molar-refractivity contribution >= 4 is 8.80 Å². The van der Waals surface area contributed by atoms with Crippen LogP contribution in [0.5, 0.6) is 0 Å². The van der Waals surface area contributed by atoms with Crippen LogP contribution in [0.1, 0.15) is 252 Å². The molecule has 0 saturated carbocycles. The number of unbranched alkanes of at least 4 members (excludes halogenated alkanes) is 33. The van der Waals surface area contributed by atoms with E-state index in [0.29, 0.717) is 0 Å². The Morgan fingerprint density at radius 1 is 0.227 bits per heavy atom. The van der Waals surface area contributed by atoms with E-state index in [2.05, 4.69) is 20.8 Å². The molecule has 268 valence electrons. The predicted octanol–water partition coefficient (Wildman–Crippen LogP) is 15.8. The molecule has 44 heavy (non-hydrogen) atoms. The summed E-state index contributed by atoms with van der Waals surface area (Å²) in [5.74, 6) is 0. The van der Waals surface area contributed by atoms with Gasteiger partial charge < -0.3 is 0 Å². The maximum atomic E-state index is 2.33. The summed E-state index contributed by atoms with van der Waals surface area (Å²) in [5.41, 5.74) is 0. The molecule has 0 unspecified atom stereocenters. The van der Waals surface area contributed by atoms with Crippen LogP contribution >= 0.6 is 0 Å². The molecule has 0 aliphatic heterocycles. The van der Waals surface area contributed by atoms with E-state index in [1.807, 2.05) is 0 Å². The summed E-state index contributed by atoms with van der Waals surface area (Å²) in [6.07, 6.45) is 54.0. The van der Waals surface area contributed by atoms with Crippen molar-refractivity contribution in [3.8, 4) is 0 Å². The van der Waals surface area contributed by atoms with Gasteiger partial charge in [-0.1, -0.05) is 40.0 Å². The molecule has 0 aliphatic carbocycles. The van der Waals surface area contributed by atoms with E-state index in [0.717, 1.165) is 0 Å². The molecule has 0 aliphatic rings. The maximum absolute atomic E-state index is 2.33. The summed E-state index contributed by atoms with van der Waals surface area (Å²) >= 11 is -1.11. The summed E-state index contributed by atoms with van der Waals surface area (Å²) in [6.45, 7) is 6.98. The first kappa shape index (κ1) is 44.7. The second-order valence-electron chi connectivity index (χ2n) is 15.3. The first-order chi connectivity index (χ1) is 21.7. The molecule has 0 saturated heterocycles. The standard InChI is InChI=1S/3C14H29.Cr.H3Si/c3*1-3-5-7-9-11-13-14-12-10-8-6-4-2;;/h3*1,3-14H2,2H3;;1H3. The quantitative estimate of drug-likeness (QED) is 0.0450. The zero-order valence-electron chi connectivity index (χ0n) is 32.0. The topological polar surface area (TPSA) is 0 Å². The molecule has 0 atom stereocenters. The fraction of sp³-hybridized carbons (Fsp3) is 1.00.